The summed E-state index contributed by atoms with van der Waals surface area (Å²) in [6, 6.07) is 0. The standard InChI is InChI=1S/C21H32O5.C9H10O2/c1-19-7-5-13(23)9-12(19)3-4-14-15-6-8-21(26,17(25)11-22)20(15,2)10-16(24)18(14)19;10-9-8-6-2-1-5(3-6)7(8)4-11-9/h12-15,18,22-23,26H,3-11H2,1-2H3;5,7H,1-4H2/t12-,13-,14+,15+,18-,19+,20+,21+;/m1./s1. The number of Topliss-reactive ketones (excluding diaryl/α,β-unsaturated/α-hetero) is 2. The van der Waals surface area contributed by atoms with E-state index in [-0.39, 0.29) is 47.4 Å². The lowest BCUT2D eigenvalue weighted by Gasteiger charge is -2.60. The highest BCUT2D eigenvalue weighted by Gasteiger charge is 2.68. The van der Waals surface area contributed by atoms with E-state index in [1.165, 1.54) is 18.4 Å². The molecule has 1 saturated heterocycles. The summed E-state index contributed by atoms with van der Waals surface area (Å²) in [5, 5.41) is 30.6. The van der Waals surface area contributed by atoms with Crippen molar-refractivity contribution in [2.45, 2.75) is 96.2 Å². The van der Waals surface area contributed by atoms with Crippen LogP contribution in [-0.2, 0) is 19.1 Å². The summed E-state index contributed by atoms with van der Waals surface area (Å²) in [4.78, 5) is 36.9. The first-order valence-corrected chi connectivity index (χ1v) is 14.5. The van der Waals surface area contributed by atoms with Crippen LogP contribution < -0.4 is 0 Å². The average molecular weight is 515 g/mol. The predicted molar refractivity (Wildman–Crippen MR) is 134 cm³/mol. The maximum Gasteiger partial charge on any atom is 0.334 e. The Hall–Kier alpha value is -1.57. The van der Waals surface area contributed by atoms with Crippen molar-refractivity contribution in [3.8, 4) is 0 Å². The molecule has 2 bridgehead atoms. The molecule has 5 saturated carbocycles. The van der Waals surface area contributed by atoms with Crippen molar-refractivity contribution >= 4 is 17.5 Å². The highest BCUT2D eigenvalue weighted by Crippen LogP contribution is 2.67. The van der Waals surface area contributed by atoms with Crippen molar-refractivity contribution in [2.75, 3.05) is 13.2 Å². The van der Waals surface area contributed by atoms with E-state index in [4.69, 9.17) is 4.74 Å². The summed E-state index contributed by atoms with van der Waals surface area (Å²) in [6.45, 7) is 4.13. The number of carbonyl (C=O) groups excluding carboxylic acids is 3. The lowest BCUT2D eigenvalue weighted by Crippen LogP contribution is -2.62. The number of esters is 1. The van der Waals surface area contributed by atoms with Gasteiger partial charge in [-0.1, -0.05) is 19.4 Å². The Bertz CT molecular complexity index is 1050. The lowest BCUT2D eigenvalue weighted by atomic mass is 9.44. The lowest BCUT2D eigenvalue weighted by molar-refractivity contribution is -0.180. The van der Waals surface area contributed by atoms with Crippen LogP contribution in [0.25, 0.3) is 0 Å². The molecule has 10 atom stereocenters. The molecule has 0 aromatic carbocycles. The van der Waals surface area contributed by atoms with Crippen molar-refractivity contribution < 1.29 is 34.4 Å². The molecule has 1 heterocycles. The highest BCUT2D eigenvalue weighted by molar-refractivity contribution is 5.93. The smallest absolute Gasteiger partial charge is 0.334 e. The molecule has 7 heteroatoms. The molecule has 3 N–H and O–H groups in total. The summed E-state index contributed by atoms with van der Waals surface area (Å²) in [5.74, 6) is 1.61. The number of rotatable bonds is 2. The Kier molecular flexibility index (Phi) is 6.06. The zero-order valence-corrected chi connectivity index (χ0v) is 22.2. The molecule has 204 valence electrons. The summed E-state index contributed by atoms with van der Waals surface area (Å²) >= 11 is 0. The number of aliphatic hydroxyl groups is 3. The van der Waals surface area contributed by atoms with Gasteiger partial charge in [-0.15, -0.1) is 0 Å². The zero-order chi connectivity index (χ0) is 26.3. The first-order chi connectivity index (χ1) is 17.5. The number of allylic oxidation sites excluding steroid dienone is 1. The normalized spacial score (nSPS) is 49.5. The van der Waals surface area contributed by atoms with Crippen molar-refractivity contribution in [3.05, 3.63) is 11.1 Å². The second-order valence-corrected chi connectivity index (χ2v) is 13.7. The second-order valence-electron chi connectivity index (χ2n) is 13.7. The van der Waals surface area contributed by atoms with Crippen molar-refractivity contribution in [1.29, 1.82) is 0 Å². The van der Waals surface area contributed by atoms with Crippen LogP contribution in [0.15, 0.2) is 11.1 Å². The number of ether oxygens (including phenoxy) is 1. The van der Waals surface area contributed by atoms with Gasteiger partial charge >= 0.3 is 5.97 Å². The Balaban J connectivity index is 0.000000188. The molecule has 37 heavy (non-hydrogen) atoms. The van der Waals surface area contributed by atoms with Gasteiger partial charge in [-0.25, -0.2) is 4.79 Å². The topological polar surface area (TPSA) is 121 Å². The number of ketones is 2. The first kappa shape index (κ1) is 25.7. The monoisotopic (exact) mass is 514 g/mol. The largest absolute Gasteiger partial charge is 0.462 e. The highest BCUT2D eigenvalue weighted by atomic mass is 16.5. The van der Waals surface area contributed by atoms with E-state index in [9.17, 15) is 29.7 Å². The van der Waals surface area contributed by atoms with Gasteiger partial charge < -0.3 is 20.1 Å². The summed E-state index contributed by atoms with van der Waals surface area (Å²) in [5.41, 5.74) is 0.0573. The van der Waals surface area contributed by atoms with Gasteiger partial charge in [0.25, 0.3) is 0 Å². The molecule has 0 aromatic heterocycles. The SMILES string of the molecule is C[C@]12CC[C@@H](O)C[C@H]1CC[C@@H]1[C@@H]2C(=O)C[C@@]2(C)[C@H]1CC[C@]2(O)C(=O)CO.O=C1OCC2C1=C1CCC2C1. The number of aliphatic hydroxyl groups excluding tert-OH is 2. The third-order valence-corrected chi connectivity index (χ3v) is 12.3. The van der Waals surface area contributed by atoms with E-state index in [0.717, 1.165) is 56.4 Å². The van der Waals surface area contributed by atoms with Crippen molar-refractivity contribution in [1.82, 2.24) is 0 Å². The summed E-state index contributed by atoms with van der Waals surface area (Å²) < 4.78 is 5.00. The van der Waals surface area contributed by atoms with E-state index >= 15 is 0 Å². The second kappa shape index (κ2) is 8.72. The quantitative estimate of drug-likeness (QED) is 0.484. The van der Waals surface area contributed by atoms with Crippen LogP contribution in [0.1, 0.15) is 84.5 Å². The third kappa shape index (κ3) is 3.52. The third-order valence-electron chi connectivity index (χ3n) is 12.3. The summed E-state index contributed by atoms with van der Waals surface area (Å²) in [7, 11) is 0. The summed E-state index contributed by atoms with van der Waals surface area (Å²) in [6.07, 6.45) is 9.11. The Morgan fingerprint density at radius 1 is 1.08 bits per heavy atom. The molecule has 0 radical (unpaired) electrons. The van der Waals surface area contributed by atoms with Crippen molar-refractivity contribution in [3.63, 3.8) is 0 Å². The van der Waals surface area contributed by atoms with Crippen LogP contribution >= 0.6 is 0 Å². The fraction of sp³-hybridized carbons (Fsp3) is 0.833. The molecular formula is C30H42O7. The minimum atomic E-state index is -1.58. The van der Waals surface area contributed by atoms with E-state index in [1.54, 1.807) is 0 Å². The maximum absolute atomic E-state index is 13.4. The Labute approximate surface area is 219 Å². The molecule has 6 fully saturated rings. The molecule has 7 rings (SSSR count). The molecule has 6 aliphatic carbocycles. The Morgan fingerprint density at radius 3 is 2.59 bits per heavy atom. The number of fused-ring (bicyclic) bond motifs is 9. The maximum atomic E-state index is 13.4. The van der Waals surface area contributed by atoms with E-state index in [0.29, 0.717) is 24.9 Å². The molecule has 0 amide bonds. The molecule has 0 aromatic rings. The van der Waals surface area contributed by atoms with E-state index in [1.807, 2.05) is 6.92 Å². The number of carbonyl (C=O) groups is 3. The van der Waals surface area contributed by atoms with Gasteiger partial charge in [0.05, 0.1) is 12.7 Å². The van der Waals surface area contributed by atoms with Crippen LogP contribution in [-0.4, -0.2) is 57.8 Å². The fourth-order valence-corrected chi connectivity index (χ4v) is 10.4. The zero-order valence-electron chi connectivity index (χ0n) is 22.2. The van der Waals surface area contributed by atoms with Gasteiger partial charge in [-0.2, -0.15) is 0 Å². The van der Waals surface area contributed by atoms with Gasteiger partial charge in [-0.3, -0.25) is 9.59 Å². The van der Waals surface area contributed by atoms with E-state index in [2.05, 4.69) is 6.92 Å². The van der Waals surface area contributed by atoms with Crippen LogP contribution in [0.5, 0.6) is 0 Å². The Morgan fingerprint density at radius 2 is 1.86 bits per heavy atom. The molecular weight excluding hydrogens is 472 g/mol. The number of hydrogen-bond acceptors (Lipinski definition) is 7. The van der Waals surface area contributed by atoms with Gasteiger partial charge in [0, 0.05) is 29.2 Å². The number of hydrogen-bond donors (Lipinski definition) is 3. The van der Waals surface area contributed by atoms with Gasteiger partial charge in [0.1, 0.15) is 18.0 Å². The van der Waals surface area contributed by atoms with Crippen molar-refractivity contribution in [2.24, 2.45) is 46.3 Å². The molecule has 7 aliphatic rings. The van der Waals surface area contributed by atoms with Crippen LogP contribution in [0.4, 0.5) is 0 Å². The minimum absolute atomic E-state index is 0.0154. The van der Waals surface area contributed by atoms with Crippen LogP contribution in [0.3, 0.4) is 0 Å². The van der Waals surface area contributed by atoms with Gasteiger partial charge in [0.2, 0.25) is 0 Å². The van der Waals surface area contributed by atoms with E-state index < -0.39 is 23.4 Å². The number of cyclic esters (lactones) is 1. The molecule has 2 unspecified atom stereocenters. The van der Waals surface area contributed by atoms with Gasteiger partial charge in [0.15, 0.2) is 5.78 Å². The molecule has 7 nitrogen and oxygen atoms in total. The van der Waals surface area contributed by atoms with Crippen LogP contribution in [0.2, 0.25) is 0 Å². The van der Waals surface area contributed by atoms with Gasteiger partial charge in [-0.05, 0) is 93.3 Å². The fourth-order valence-electron chi connectivity index (χ4n) is 10.4. The van der Waals surface area contributed by atoms with Crippen LogP contribution in [0, 0.1) is 46.3 Å². The molecule has 0 spiro atoms. The molecule has 1 aliphatic heterocycles. The minimum Gasteiger partial charge on any atom is -0.462 e. The average Bonchev–Trinajstić information content (AvgIpc) is 3.63. The first-order valence-electron chi connectivity index (χ1n) is 14.5. The predicted octanol–water partition coefficient (Wildman–Crippen LogP) is 3.13.